The number of rotatable bonds is 3. The summed E-state index contributed by atoms with van der Waals surface area (Å²) in [7, 11) is 1.73. The molecule has 13 heavy (non-hydrogen) atoms. The summed E-state index contributed by atoms with van der Waals surface area (Å²) in [5.41, 5.74) is 0. The highest BCUT2D eigenvalue weighted by Crippen LogP contribution is 2.31. The smallest absolute Gasteiger partial charge is 0.306 e. The summed E-state index contributed by atoms with van der Waals surface area (Å²) in [5.74, 6) is -0.512. The lowest BCUT2D eigenvalue weighted by molar-refractivity contribution is -0.143. The summed E-state index contributed by atoms with van der Waals surface area (Å²) in [6, 6.07) is 0. The van der Waals surface area contributed by atoms with Crippen molar-refractivity contribution in [1.82, 2.24) is 0 Å². The molecule has 76 valence electrons. The normalized spacial score (nSPS) is 31.2. The van der Waals surface area contributed by atoms with Gasteiger partial charge in [-0.05, 0) is 31.6 Å². The summed E-state index contributed by atoms with van der Waals surface area (Å²) >= 11 is 0. The fraction of sp³-hybridized carbons (Fsp3) is 0.900. The average Bonchev–Trinajstić information content (AvgIpc) is 2.17. The third-order valence-electron chi connectivity index (χ3n) is 3.15. The van der Waals surface area contributed by atoms with E-state index in [-0.39, 0.29) is 5.92 Å². The van der Waals surface area contributed by atoms with E-state index in [2.05, 4.69) is 0 Å². The van der Waals surface area contributed by atoms with Crippen LogP contribution in [0.1, 0.15) is 32.6 Å². The number of carbonyl (C=O) groups is 1. The van der Waals surface area contributed by atoms with Crippen molar-refractivity contribution in [2.75, 3.05) is 7.11 Å². The van der Waals surface area contributed by atoms with Crippen LogP contribution in [0.2, 0.25) is 0 Å². The third kappa shape index (κ3) is 2.69. The van der Waals surface area contributed by atoms with Gasteiger partial charge >= 0.3 is 5.97 Å². The van der Waals surface area contributed by atoms with Crippen LogP contribution >= 0.6 is 0 Å². The summed E-state index contributed by atoms with van der Waals surface area (Å²) in [6.45, 7) is 1.81. The molecule has 3 nitrogen and oxygen atoms in total. The van der Waals surface area contributed by atoms with Crippen molar-refractivity contribution in [2.45, 2.75) is 38.7 Å². The number of ether oxygens (including phenoxy) is 1. The minimum absolute atomic E-state index is 0.196. The van der Waals surface area contributed by atoms with Crippen LogP contribution in [0.25, 0.3) is 0 Å². The highest BCUT2D eigenvalue weighted by Gasteiger charge is 2.28. The van der Waals surface area contributed by atoms with Crippen LogP contribution < -0.4 is 0 Å². The van der Waals surface area contributed by atoms with Crippen LogP contribution in [0, 0.1) is 11.8 Å². The van der Waals surface area contributed by atoms with E-state index in [0.717, 1.165) is 25.7 Å². The molecule has 1 aliphatic carbocycles. The van der Waals surface area contributed by atoms with Gasteiger partial charge < -0.3 is 9.84 Å². The Balaban J connectivity index is 2.36. The largest absolute Gasteiger partial charge is 0.481 e. The average molecular weight is 186 g/mol. The van der Waals surface area contributed by atoms with Gasteiger partial charge in [0.05, 0.1) is 12.0 Å². The van der Waals surface area contributed by atoms with Gasteiger partial charge in [-0.3, -0.25) is 4.79 Å². The molecule has 1 fully saturated rings. The zero-order chi connectivity index (χ0) is 9.84. The molecular weight excluding hydrogens is 168 g/mol. The number of carboxylic acid groups (broad SMARTS) is 1. The second-order valence-electron chi connectivity index (χ2n) is 3.90. The molecule has 0 aromatic heterocycles. The second kappa shape index (κ2) is 4.61. The quantitative estimate of drug-likeness (QED) is 0.732. The molecule has 1 unspecified atom stereocenters. The molecular formula is C10H18O3. The molecule has 0 bridgehead atoms. The number of carboxylic acids is 1. The molecule has 0 saturated heterocycles. The Hall–Kier alpha value is -0.570. The maximum absolute atomic E-state index is 10.7. The summed E-state index contributed by atoms with van der Waals surface area (Å²) in [6.07, 6.45) is 4.37. The fourth-order valence-corrected chi connectivity index (χ4v) is 2.03. The predicted molar refractivity (Wildman–Crippen MR) is 49.6 cm³/mol. The maximum Gasteiger partial charge on any atom is 0.306 e. The minimum atomic E-state index is -0.666. The molecule has 0 aromatic carbocycles. The lowest BCUT2D eigenvalue weighted by Gasteiger charge is -2.29. The molecule has 0 aliphatic heterocycles. The number of hydrogen-bond acceptors (Lipinski definition) is 2. The number of aliphatic carboxylic acids is 1. The first kappa shape index (κ1) is 10.5. The van der Waals surface area contributed by atoms with E-state index in [4.69, 9.17) is 9.84 Å². The van der Waals surface area contributed by atoms with Crippen LogP contribution in [-0.2, 0) is 9.53 Å². The maximum atomic E-state index is 10.7. The van der Waals surface area contributed by atoms with E-state index in [1.165, 1.54) is 0 Å². The topological polar surface area (TPSA) is 46.5 Å². The molecule has 1 N–H and O–H groups in total. The number of methoxy groups -OCH3 is 1. The Kier molecular flexibility index (Phi) is 3.72. The first-order chi connectivity index (χ1) is 6.15. The monoisotopic (exact) mass is 186 g/mol. The Morgan fingerprint density at radius 3 is 2.31 bits per heavy atom. The van der Waals surface area contributed by atoms with Gasteiger partial charge in [0.1, 0.15) is 0 Å². The van der Waals surface area contributed by atoms with E-state index < -0.39 is 5.97 Å². The van der Waals surface area contributed by atoms with Crippen LogP contribution in [0.5, 0.6) is 0 Å². The van der Waals surface area contributed by atoms with Crippen molar-refractivity contribution in [1.29, 1.82) is 0 Å². The Morgan fingerprint density at radius 2 is 1.92 bits per heavy atom. The second-order valence-corrected chi connectivity index (χ2v) is 3.90. The highest BCUT2D eigenvalue weighted by atomic mass is 16.5. The fourth-order valence-electron chi connectivity index (χ4n) is 2.03. The van der Waals surface area contributed by atoms with Crippen molar-refractivity contribution in [3.05, 3.63) is 0 Å². The van der Waals surface area contributed by atoms with E-state index in [0.29, 0.717) is 12.0 Å². The van der Waals surface area contributed by atoms with Gasteiger partial charge in [-0.25, -0.2) is 0 Å². The molecule has 1 saturated carbocycles. The van der Waals surface area contributed by atoms with Crippen LogP contribution in [0.4, 0.5) is 0 Å². The first-order valence-electron chi connectivity index (χ1n) is 4.90. The van der Waals surface area contributed by atoms with Gasteiger partial charge in [0.15, 0.2) is 0 Å². The molecule has 0 radical (unpaired) electrons. The van der Waals surface area contributed by atoms with Crippen molar-refractivity contribution in [3.8, 4) is 0 Å². The first-order valence-corrected chi connectivity index (χ1v) is 4.90. The van der Waals surface area contributed by atoms with E-state index in [9.17, 15) is 4.79 Å². The number of hydrogen-bond donors (Lipinski definition) is 1. The lowest BCUT2D eigenvalue weighted by atomic mass is 9.80. The predicted octanol–water partition coefficient (Wildman–Crippen LogP) is 1.91. The zero-order valence-electron chi connectivity index (χ0n) is 8.32. The van der Waals surface area contributed by atoms with Gasteiger partial charge in [0.2, 0.25) is 0 Å². The highest BCUT2D eigenvalue weighted by molar-refractivity contribution is 5.69. The minimum Gasteiger partial charge on any atom is -0.481 e. The summed E-state index contributed by atoms with van der Waals surface area (Å²) in [4.78, 5) is 10.7. The molecule has 3 heteroatoms. The molecule has 0 aromatic rings. The molecule has 0 heterocycles. The SMILES string of the molecule is COC1CCC(C(C)C(=O)O)CC1. The molecule has 1 rings (SSSR count). The van der Waals surface area contributed by atoms with Crippen LogP contribution in [0.3, 0.4) is 0 Å². The van der Waals surface area contributed by atoms with E-state index >= 15 is 0 Å². The van der Waals surface area contributed by atoms with Gasteiger partial charge in [-0.15, -0.1) is 0 Å². The summed E-state index contributed by atoms with van der Waals surface area (Å²) < 4.78 is 5.23. The van der Waals surface area contributed by atoms with Crippen LogP contribution in [-0.4, -0.2) is 24.3 Å². The van der Waals surface area contributed by atoms with E-state index in [1.54, 1.807) is 14.0 Å². The van der Waals surface area contributed by atoms with Crippen molar-refractivity contribution in [2.24, 2.45) is 11.8 Å². The van der Waals surface area contributed by atoms with E-state index in [1.807, 2.05) is 0 Å². The molecule has 0 spiro atoms. The Morgan fingerprint density at radius 1 is 1.38 bits per heavy atom. The van der Waals surface area contributed by atoms with Gasteiger partial charge in [-0.1, -0.05) is 6.92 Å². The Bertz CT molecular complexity index is 171. The standard InChI is InChI=1S/C10H18O3/c1-7(10(11)12)8-3-5-9(13-2)6-4-8/h7-9H,3-6H2,1-2H3,(H,11,12). The van der Waals surface area contributed by atoms with Gasteiger partial charge in [-0.2, -0.15) is 0 Å². The van der Waals surface area contributed by atoms with Gasteiger partial charge in [0.25, 0.3) is 0 Å². The Labute approximate surface area is 79.1 Å². The third-order valence-corrected chi connectivity index (χ3v) is 3.15. The van der Waals surface area contributed by atoms with Crippen molar-refractivity contribution >= 4 is 5.97 Å². The summed E-state index contributed by atoms with van der Waals surface area (Å²) in [5, 5.41) is 8.83. The van der Waals surface area contributed by atoms with Crippen molar-refractivity contribution in [3.63, 3.8) is 0 Å². The molecule has 1 aliphatic rings. The van der Waals surface area contributed by atoms with Crippen LogP contribution in [0.15, 0.2) is 0 Å². The lowest BCUT2D eigenvalue weighted by Crippen LogP contribution is -2.27. The molecule has 0 amide bonds. The van der Waals surface area contributed by atoms with Gasteiger partial charge in [0, 0.05) is 7.11 Å². The van der Waals surface area contributed by atoms with Crippen molar-refractivity contribution < 1.29 is 14.6 Å². The molecule has 1 atom stereocenters. The zero-order valence-corrected chi connectivity index (χ0v) is 8.32.